The molecule has 46 heavy (non-hydrogen) atoms. The van der Waals surface area contributed by atoms with Crippen molar-refractivity contribution in [1.29, 1.82) is 0 Å². The van der Waals surface area contributed by atoms with Crippen molar-refractivity contribution < 1.29 is 0 Å². The van der Waals surface area contributed by atoms with E-state index in [-0.39, 0.29) is 0 Å². The Morgan fingerprint density at radius 3 is 1.76 bits per heavy atom. The van der Waals surface area contributed by atoms with Gasteiger partial charge in [0.05, 0.1) is 23.2 Å². The molecule has 0 aliphatic heterocycles. The lowest BCUT2D eigenvalue weighted by molar-refractivity contribution is 1.09. The van der Waals surface area contributed by atoms with Crippen LogP contribution in [0.15, 0.2) is 188 Å². The maximum absolute atomic E-state index is 2.34. The number of benzene rings is 7. The number of allylic oxidation sites excluding steroid dienone is 4. The summed E-state index contributed by atoms with van der Waals surface area (Å²) >= 11 is 0. The fraction of sp³-hybridized carbons (Fsp3) is 0. The zero-order valence-corrected chi connectivity index (χ0v) is 25.4. The molecule has 1 aliphatic rings. The normalized spacial score (nSPS) is 13.5. The maximum atomic E-state index is 2.34. The summed E-state index contributed by atoms with van der Waals surface area (Å²) in [6.45, 7) is 0. The average molecular weight is 589 g/mol. The summed E-state index contributed by atoms with van der Waals surface area (Å²) in [4.78, 5) is 2.34. The molecule has 1 aliphatic carbocycles. The summed E-state index contributed by atoms with van der Waals surface area (Å²) in [5.41, 5.74) is 9.18. The first-order valence-electron chi connectivity index (χ1n) is 15.7. The summed E-state index contributed by atoms with van der Waals surface area (Å²) in [5, 5.41) is 4.90. The van der Waals surface area contributed by atoms with Crippen LogP contribution in [0.2, 0.25) is 0 Å². The molecule has 0 heterocycles. The first-order valence-corrected chi connectivity index (χ1v) is 15.7. The summed E-state index contributed by atoms with van der Waals surface area (Å²) in [7, 11) is 0. The highest BCUT2D eigenvalue weighted by molar-refractivity contribution is 6.09. The summed E-state index contributed by atoms with van der Waals surface area (Å²) in [5.74, 6) is 0. The molecule has 2 nitrogen and oxygen atoms in total. The molecule has 0 bridgehead atoms. The Bertz CT molecular complexity index is 2250. The van der Waals surface area contributed by atoms with Gasteiger partial charge in [-0.05, 0) is 70.4 Å². The van der Waals surface area contributed by atoms with Gasteiger partial charge in [0.15, 0.2) is 0 Å². The monoisotopic (exact) mass is 588 g/mol. The van der Waals surface area contributed by atoms with Crippen molar-refractivity contribution in [3.8, 4) is 11.1 Å². The molecule has 0 atom stereocenters. The van der Waals surface area contributed by atoms with E-state index in [1.165, 1.54) is 32.7 Å². The Balaban J connectivity index is 1.17. The lowest BCUT2D eigenvalue weighted by Crippen LogP contribution is -2.16. The van der Waals surface area contributed by atoms with Gasteiger partial charge in [-0.2, -0.15) is 0 Å². The van der Waals surface area contributed by atoms with Crippen LogP contribution in [0.3, 0.4) is 0 Å². The number of nitrogens with zero attached hydrogens (tertiary/aromatic N) is 2. The van der Waals surface area contributed by atoms with Crippen molar-refractivity contribution in [2.24, 2.45) is 0 Å². The number of para-hydroxylation sites is 1. The van der Waals surface area contributed by atoms with Crippen LogP contribution in [0.4, 0.5) is 28.4 Å². The summed E-state index contributed by atoms with van der Waals surface area (Å²) in [6.07, 6.45) is 10.6. The van der Waals surface area contributed by atoms with Crippen molar-refractivity contribution in [2.75, 3.05) is 4.90 Å². The van der Waals surface area contributed by atoms with Crippen LogP contribution < -0.4 is 9.48 Å². The number of hydrogen-bond donors (Lipinski definition) is 0. The van der Waals surface area contributed by atoms with Gasteiger partial charge < -0.3 is 4.90 Å². The van der Waals surface area contributed by atoms with Gasteiger partial charge in [0.25, 0.3) is 0 Å². The molecule has 0 radical (unpaired) electrons. The molecule has 0 spiro atoms. The molecule has 0 unspecified atom stereocenters. The predicted octanol–water partition coefficient (Wildman–Crippen LogP) is 11.7. The van der Waals surface area contributed by atoms with E-state index in [2.05, 4.69) is 204 Å². The Hall–Kier alpha value is -6.12. The summed E-state index contributed by atoms with van der Waals surface area (Å²) in [6, 6.07) is 58.6. The topological polar surface area (TPSA) is 6.25 Å². The van der Waals surface area contributed by atoms with Crippen LogP contribution in [0.25, 0.3) is 32.7 Å². The third kappa shape index (κ3) is 5.16. The number of hydrogen-bond acceptors (Lipinski definition) is 1. The minimum absolute atomic E-state index is 1.12. The first kappa shape index (κ1) is 27.4. The highest BCUT2D eigenvalue weighted by atomic mass is 15.1. The molecule has 7 aromatic carbocycles. The second kappa shape index (κ2) is 12.1. The van der Waals surface area contributed by atoms with Crippen molar-refractivity contribution in [3.05, 3.63) is 195 Å². The number of anilines is 3. The second-order valence-electron chi connectivity index (χ2n) is 11.4. The van der Waals surface area contributed by atoms with E-state index >= 15 is 0 Å². The lowest BCUT2D eigenvalue weighted by Gasteiger charge is -2.27. The van der Waals surface area contributed by atoms with Gasteiger partial charge in [0, 0.05) is 41.0 Å². The molecule has 2 heteroatoms. The lowest BCUT2D eigenvalue weighted by atomic mass is 10.0. The molecule has 0 amide bonds. The van der Waals surface area contributed by atoms with Gasteiger partial charge in [0.2, 0.25) is 11.4 Å². The first-order chi connectivity index (χ1) is 22.8. The van der Waals surface area contributed by atoms with Crippen LogP contribution >= 0.6 is 0 Å². The Labute approximate surface area is 270 Å². The van der Waals surface area contributed by atoms with Gasteiger partial charge in [-0.15, -0.1) is 4.58 Å². The van der Waals surface area contributed by atoms with Crippen LogP contribution in [0, 0.1) is 6.42 Å². The van der Waals surface area contributed by atoms with E-state index < -0.39 is 0 Å². The van der Waals surface area contributed by atoms with Gasteiger partial charge in [-0.1, -0.05) is 97.1 Å². The van der Waals surface area contributed by atoms with Gasteiger partial charge in [-0.3, -0.25) is 0 Å². The predicted molar refractivity (Wildman–Crippen MR) is 197 cm³/mol. The smallest absolute Gasteiger partial charge is 0.310 e. The van der Waals surface area contributed by atoms with Crippen molar-refractivity contribution in [3.63, 3.8) is 0 Å². The Morgan fingerprint density at radius 1 is 0.457 bits per heavy atom. The molecule has 0 saturated heterocycles. The second-order valence-corrected chi connectivity index (χ2v) is 11.4. The van der Waals surface area contributed by atoms with Gasteiger partial charge in [0.1, 0.15) is 12.5 Å². The summed E-state index contributed by atoms with van der Waals surface area (Å²) < 4.78 is 2.34. The molecule has 0 N–H and O–H groups in total. The van der Waals surface area contributed by atoms with E-state index in [1.54, 1.807) is 0 Å². The van der Waals surface area contributed by atoms with Crippen LogP contribution in [-0.4, -0.2) is 5.71 Å². The van der Waals surface area contributed by atoms with E-state index in [9.17, 15) is 0 Å². The quantitative estimate of drug-likeness (QED) is 0.138. The maximum Gasteiger partial charge on any atom is 0.319 e. The molecule has 216 valence electrons. The Kier molecular flexibility index (Phi) is 7.22. The molecule has 0 fully saturated rings. The molecule has 0 saturated carbocycles. The highest BCUT2D eigenvalue weighted by Crippen LogP contribution is 2.39. The Morgan fingerprint density at radius 2 is 1.04 bits per heavy atom. The van der Waals surface area contributed by atoms with Crippen LogP contribution in [0.1, 0.15) is 0 Å². The van der Waals surface area contributed by atoms with E-state index in [0.29, 0.717) is 0 Å². The fourth-order valence-electron chi connectivity index (χ4n) is 6.42. The van der Waals surface area contributed by atoms with Gasteiger partial charge in [-0.25, -0.2) is 0 Å². The molecule has 8 rings (SSSR count). The zero-order chi connectivity index (χ0) is 30.7. The third-order valence-electron chi connectivity index (χ3n) is 8.63. The van der Waals surface area contributed by atoms with E-state index in [1.807, 2.05) is 0 Å². The molecular formula is C44H32N2+2. The SMILES string of the molecule is C1=C[CH+]C(=[N+](c2ccc(-c3ccc(N(c4ccccc4)c4cccc5ccccc45)cc3)cc2)c2cccc3ccccc23)C=C1. The fourth-order valence-corrected chi connectivity index (χ4v) is 6.42. The van der Waals surface area contributed by atoms with E-state index in [4.69, 9.17) is 0 Å². The highest BCUT2D eigenvalue weighted by Gasteiger charge is 2.26. The molecule has 7 aromatic rings. The van der Waals surface area contributed by atoms with E-state index in [0.717, 1.165) is 34.1 Å². The van der Waals surface area contributed by atoms with Gasteiger partial charge >= 0.3 is 5.71 Å². The minimum atomic E-state index is 1.12. The zero-order valence-electron chi connectivity index (χ0n) is 25.4. The standard InChI is InChI=1S/C44H32N2/c1-3-17-37(18-4-1)45(43-23-11-15-35-13-7-9-21-41(35)43)39-29-25-33(26-30-39)34-27-31-40(32-28-34)46(38-19-5-2-6-20-38)44-24-12-16-36-14-8-10-22-42(36)44/h1-32H/q+2. The van der Waals surface area contributed by atoms with Crippen molar-refractivity contribution in [1.82, 2.24) is 4.58 Å². The minimum Gasteiger partial charge on any atom is -0.310 e. The molecule has 0 aromatic heterocycles. The number of rotatable bonds is 6. The van der Waals surface area contributed by atoms with Crippen molar-refractivity contribution >= 4 is 55.7 Å². The van der Waals surface area contributed by atoms with Crippen LogP contribution in [-0.2, 0) is 0 Å². The van der Waals surface area contributed by atoms with Crippen LogP contribution in [0.5, 0.6) is 0 Å². The molecular weight excluding hydrogens is 556 g/mol. The van der Waals surface area contributed by atoms with Crippen molar-refractivity contribution in [2.45, 2.75) is 0 Å². The number of fused-ring (bicyclic) bond motifs is 2. The third-order valence-corrected chi connectivity index (χ3v) is 8.63. The largest absolute Gasteiger partial charge is 0.319 e. The average Bonchev–Trinajstić information content (AvgIpc) is 3.14.